The van der Waals surface area contributed by atoms with E-state index >= 15 is 0 Å². The van der Waals surface area contributed by atoms with E-state index in [1.54, 1.807) is 11.3 Å². The summed E-state index contributed by atoms with van der Waals surface area (Å²) < 4.78 is 5.44. The van der Waals surface area contributed by atoms with Crippen molar-refractivity contribution in [2.24, 2.45) is 0 Å². The molecule has 0 aliphatic carbocycles. The van der Waals surface area contributed by atoms with E-state index < -0.39 is 0 Å². The number of aryl methyl sites for hydroxylation is 1. The summed E-state index contributed by atoms with van der Waals surface area (Å²) in [6, 6.07) is 12.6. The first kappa shape index (κ1) is 17.3. The van der Waals surface area contributed by atoms with Crippen molar-refractivity contribution >= 4 is 28.0 Å². The van der Waals surface area contributed by atoms with E-state index in [4.69, 9.17) is 4.74 Å². The molecule has 0 N–H and O–H groups in total. The third kappa shape index (κ3) is 3.04. The van der Waals surface area contributed by atoms with Gasteiger partial charge in [-0.25, -0.2) is 0 Å². The number of amides is 1. The fourth-order valence-electron chi connectivity index (χ4n) is 3.80. The smallest absolute Gasteiger partial charge is 0.254 e. The van der Waals surface area contributed by atoms with Crippen molar-refractivity contribution in [1.82, 2.24) is 4.90 Å². The monoisotopic (exact) mass is 365 g/mol. The van der Waals surface area contributed by atoms with Crippen molar-refractivity contribution in [3.05, 3.63) is 58.3 Å². The molecule has 4 rings (SSSR count). The number of nitrogens with zero attached hydrogens (tertiary/aromatic N) is 1. The van der Waals surface area contributed by atoms with Crippen LogP contribution in [-0.4, -0.2) is 37.1 Å². The van der Waals surface area contributed by atoms with Gasteiger partial charge in [0.05, 0.1) is 0 Å². The minimum atomic E-state index is 0.0988. The molecule has 0 spiro atoms. The normalized spacial score (nSPS) is 15.3. The Bertz CT molecular complexity index is 940. The van der Waals surface area contributed by atoms with Crippen LogP contribution in [0.3, 0.4) is 0 Å². The molecule has 1 saturated heterocycles. The molecular formula is C22H23NO2S. The number of ether oxygens (including phenoxy) is 1. The van der Waals surface area contributed by atoms with Gasteiger partial charge in [0.2, 0.25) is 0 Å². The largest absolute Gasteiger partial charge is 0.381 e. The number of rotatable bonds is 3. The van der Waals surface area contributed by atoms with Gasteiger partial charge in [-0.15, -0.1) is 0 Å². The molecule has 0 bridgehead atoms. The van der Waals surface area contributed by atoms with Gasteiger partial charge in [-0.3, -0.25) is 4.79 Å². The first-order valence-electron chi connectivity index (χ1n) is 9.06. The minimum Gasteiger partial charge on any atom is -0.381 e. The van der Waals surface area contributed by atoms with Crippen molar-refractivity contribution in [1.29, 1.82) is 0 Å². The zero-order valence-corrected chi connectivity index (χ0v) is 16.0. The topological polar surface area (TPSA) is 29.5 Å². The standard InChI is InChI=1S/C22H23NO2S/c1-15-13-26-14-21(15)19-7-3-6-18-17(19)5-4-8-20(18)22(24)23(2)16-9-11-25-12-10-16/h3-8,13-14,16H,9-12H2,1-2H3. The van der Waals surface area contributed by atoms with Crippen LogP contribution >= 0.6 is 11.3 Å². The molecule has 4 heteroatoms. The summed E-state index contributed by atoms with van der Waals surface area (Å²) in [5, 5.41) is 6.52. The maximum atomic E-state index is 13.2. The molecule has 0 unspecified atom stereocenters. The second kappa shape index (κ2) is 7.22. The van der Waals surface area contributed by atoms with Crippen LogP contribution in [0.5, 0.6) is 0 Å². The van der Waals surface area contributed by atoms with E-state index in [1.807, 2.05) is 24.1 Å². The number of carbonyl (C=O) groups is 1. The Morgan fingerprint density at radius 3 is 2.50 bits per heavy atom. The van der Waals surface area contributed by atoms with Gasteiger partial charge < -0.3 is 9.64 Å². The van der Waals surface area contributed by atoms with Gasteiger partial charge in [0.1, 0.15) is 0 Å². The molecule has 3 nitrogen and oxygen atoms in total. The van der Waals surface area contributed by atoms with Crippen LogP contribution in [-0.2, 0) is 4.74 Å². The summed E-state index contributed by atoms with van der Waals surface area (Å²) in [5.41, 5.74) is 4.51. The number of hydrogen-bond acceptors (Lipinski definition) is 3. The van der Waals surface area contributed by atoms with Crippen molar-refractivity contribution in [2.75, 3.05) is 20.3 Å². The molecule has 1 aliphatic heterocycles. The van der Waals surface area contributed by atoms with Crippen LogP contribution in [0.4, 0.5) is 0 Å². The lowest BCUT2D eigenvalue weighted by molar-refractivity contribution is 0.0363. The predicted molar refractivity (Wildman–Crippen MR) is 108 cm³/mol. The van der Waals surface area contributed by atoms with Crippen LogP contribution in [0.15, 0.2) is 47.2 Å². The van der Waals surface area contributed by atoms with E-state index in [9.17, 15) is 4.79 Å². The number of fused-ring (bicyclic) bond motifs is 1. The molecule has 1 aromatic heterocycles. The number of benzene rings is 2. The zero-order valence-electron chi connectivity index (χ0n) is 15.2. The van der Waals surface area contributed by atoms with Gasteiger partial charge in [-0.2, -0.15) is 11.3 Å². The summed E-state index contributed by atoms with van der Waals surface area (Å²) in [5.74, 6) is 0.0988. The SMILES string of the molecule is Cc1cscc1-c1cccc2c(C(=O)N(C)C3CCOCC3)cccc12. The molecule has 2 aromatic carbocycles. The zero-order chi connectivity index (χ0) is 18.1. The Morgan fingerprint density at radius 1 is 1.04 bits per heavy atom. The molecule has 0 saturated carbocycles. The van der Waals surface area contributed by atoms with Gasteiger partial charge in [-0.1, -0.05) is 30.3 Å². The highest BCUT2D eigenvalue weighted by Crippen LogP contribution is 2.34. The molecule has 134 valence electrons. The maximum absolute atomic E-state index is 13.2. The second-order valence-electron chi connectivity index (χ2n) is 6.93. The lowest BCUT2D eigenvalue weighted by Gasteiger charge is -2.31. The lowest BCUT2D eigenvalue weighted by atomic mass is 9.94. The highest BCUT2D eigenvalue weighted by Gasteiger charge is 2.24. The van der Waals surface area contributed by atoms with Crippen LogP contribution in [0.2, 0.25) is 0 Å². The van der Waals surface area contributed by atoms with Gasteiger partial charge in [0, 0.05) is 31.9 Å². The lowest BCUT2D eigenvalue weighted by Crippen LogP contribution is -2.40. The Balaban J connectivity index is 1.77. The molecule has 3 aromatic rings. The first-order chi connectivity index (χ1) is 12.7. The van der Waals surface area contributed by atoms with Crippen LogP contribution in [0.25, 0.3) is 21.9 Å². The third-order valence-corrected chi connectivity index (χ3v) is 6.22. The van der Waals surface area contributed by atoms with Gasteiger partial charge in [0.15, 0.2) is 0 Å². The Kier molecular flexibility index (Phi) is 4.79. The number of carbonyl (C=O) groups excluding carboxylic acids is 1. The summed E-state index contributed by atoms with van der Waals surface area (Å²) in [7, 11) is 1.92. The minimum absolute atomic E-state index is 0.0988. The summed E-state index contributed by atoms with van der Waals surface area (Å²) in [4.78, 5) is 15.1. The molecule has 0 atom stereocenters. The van der Waals surface area contributed by atoms with Crippen molar-refractivity contribution in [3.63, 3.8) is 0 Å². The highest BCUT2D eigenvalue weighted by molar-refractivity contribution is 7.08. The molecule has 1 fully saturated rings. The molecule has 2 heterocycles. The van der Waals surface area contributed by atoms with Crippen molar-refractivity contribution in [3.8, 4) is 11.1 Å². The fourth-order valence-corrected chi connectivity index (χ4v) is 4.64. The fraction of sp³-hybridized carbons (Fsp3) is 0.318. The van der Waals surface area contributed by atoms with Crippen LogP contribution in [0.1, 0.15) is 28.8 Å². The first-order valence-corrected chi connectivity index (χ1v) is 10.0. The van der Waals surface area contributed by atoms with E-state index in [2.05, 4.69) is 41.9 Å². The second-order valence-corrected chi connectivity index (χ2v) is 7.68. The third-order valence-electron chi connectivity index (χ3n) is 5.36. The quantitative estimate of drug-likeness (QED) is 0.644. The molecule has 0 radical (unpaired) electrons. The predicted octanol–water partition coefficient (Wildman–Crippen LogP) is 5.13. The maximum Gasteiger partial charge on any atom is 0.254 e. The average molecular weight is 365 g/mol. The van der Waals surface area contributed by atoms with Crippen molar-refractivity contribution in [2.45, 2.75) is 25.8 Å². The Labute approximate surface area is 158 Å². The van der Waals surface area contributed by atoms with E-state index in [0.29, 0.717) is 0 Å². The summed E-state index contributed by atoms with van der Waals surface area (Å²) in [6.07, 6.45) is 1.82. The Hall–Kier alpha value is -2.17. The van der Waals surface area contributed by atoms with E-state index in [-0.39, 0.29) is 11.9 Å². The van der Waals surface area contributed by atoms with Crippen LogP contribution in [0, 0.1) is 6.92 Å². The number of hydrogen-bond donors (Lipinski definition) is 0. The van der Waals surface area contributed by atoms with Gasteiger partial charge in [-0.05, 0) is 64.1 Å². The molecule has 1 aliphatic rings. The van der Waals surface area contributed by atoms with Gasteiger partial charge >= 0.3 is 0 Å². The Morgan fingerprint density at radius 2 is 1.77 bits per heavy atom. The summed E-state index contributed by atoms with van der Waals surface area (Å²) >= 11 is 1.72. The number of thiophene rings is 1. The molecule has 26 heavy (non-hydrogen) atoms. The van der Waals surface area contributed by atoms with Gasteiger partial charge in [0.25, 0.3) is 5.91 Å². The molecular weight excluding hydrogens is 342 g/mol. The summed E-state index contributed by atoms with van der Waals surface area (Å²) in [6.45, 7) is 3.61. The van der Waals surface area contributed by atoms with Crippen molar-refractivity contribution < 1.29 is 9.53 Å². The van der Waals surface area contributed by atoms with E-state index in [0.717, 1.165) is 42.4 Å². The highest BCUT2D eigenvalue weighted by atomic mass is 32.1. The molecule has 1 amide bonds. The van der Waals surface area contributed by atoms with E-state index in [1.165, 1.54) is 16.7 Å². The van der Waals surface area contributed by atoms with Crippen LogP contribution < -0.4 is 0 Å². The average Bonchev–Trinajstić information content (AvgIpc) is 3.12.